The molecule has 0 atom stereocenters. The molecule has 1 amide bonds. The molecule has 2 aromatic rings. The van der Waals surface area contributed by atoms with Gasteiger partial charge in [0.2, 0.25) is 0 Å². The van der Waals surface area contributed by atoms with Gasteiger partial charge in [-0.15, -0.1) is 11.3 Å². The standard InChI is InChI=1S/C17H21N3O4S2/c1-26(23,24)15-4-2-13(3-5-15)18-10-14-11-25-16(19-14)12-6-8-20(9-7-12)17(21)22/h2-5,11-12,18H,6-10H2,1H3,(H,21,22). The van der Waals surface area contributed by atoms with E-state index < -0.39 is 15.9 Å². The molecule has 0 bridgehead atoms. The van der Waals surface area contributed by atoms with E-state index in [1.54, 1.807) is 35.6 Å². The van der Waals surface area contributed by atoms with Crippen molar-refractivity contribution in [3.63, 3.8) is 0 Å². The molecule has 1 saturated heterocycles. The maximum Gasteiger partial charge on any atom is 0.407 e. The van der Waals surface area contributed by atoms with Crippen LogP contribution in [0.1, 0.15) is 29.5 Å². The third kappa shape index (κ3) is 4.53. The Labute approximate surface area is 156 Å². The van der Waals surface area contributed by atoms with Gasteiger partial charge in [0.15, 0.2) is 9.84 Å². The highest BCUT2D eigenvalue weighted by molar-refractivity contribution is 7.90. The number of benzene rings is 1. The SMILES string of the molecule is CS(=O)(=O)c1ccc(NCc2csc(C3CCN(C(=O)O)CC3)n2)cc1. The summed E-state index contributed by atoms with van der Waals surface area (Å²) in [5.41, 5.74) is 1.76. The second-order valence-electron chi connectivity index (χ2n) is 6.37. The number of nitrogens with one attached hydrogen (secondary N) is 1. The summed E-state index contributed by atoms with van der Waals surface area (Å²) < 4.78 is 22.9. The van der Waals surface area contributed by atoms with Crippen LogP contribution < -0.4 is 5.32 Å². The Hall–Kier alpha value is -2.13. The number of aromatic nitrogens is 1. The van der Waals surface area contributed by atoms with Crippen molar-refractivity contribution in [2.75, 3.05) is 24.7 Å². The zero-order valence-electron chi connectivity index (χ0n) is 14.4. The summed E-state index contributed by atoms with van der Waals surface area (Å²) >= 11 is 1.61. The summed E-state index contributed by atoms with van der Waals surface area (Å²) in [4.78, 5) is 17.4. The van der Waals surface area contributed by atoms with Crippen molar-refractivity contribution in [1.82, 2.24) is 9.88 Å². The van der Waals surface area contributed by atoms with Crippen LogP contribution >= 0.6 is 11.3 Å². The first-order chi connectivity index (χ1) is 12.3. The second kappa shape index (κ2) is 7.63. The van der Waals surface area contributed by atoms with Crippen LogP contribution in [-0.4, -0.2) is 48.8 Å². The number of nitrogens with zero attached hydrogens (tertiary/aromatic N) is 2. The molecular weight excluding hydrogens is 374 g/mol. The smallest absolute Gasteiger partial charge is 0.407 e. The quantitative estimate of drug-likeness (QED) is 0.807. The van der Waals surface area contributed by atoms with Gasteiger partial charge in [0.25, 0.3) is 0 Å². The molecule has 1 aromatic carbocycles. The number of carboxylic acid groups (broad SMARTS) is 1. The zero-order chi connectivity index (χ0) is 18.7. The highest BCUT2D eigenvalue weighted by atomic mass is 32.2. The molecule has 3 rings (SSSR count). The number of anilines is 1. The Bertz CT molecular complexity index is 870. The Balaban J connectivity index is 1.55. The average molecular weight is 396 g/mol. The van der Waals surface area contributed by atoms with Crippen molar-refractivity contribution in [2.24, 2.45) is 0 Å². The summed E-state index contributed by atoms with van der Waals surface area (Å²) in [5.74, 6) is 0.318. The van der Waals surface area contributed by atoms with Gasteiger partial charge in [-0.3, -0.25) is 0 Å². The van der Waals surface area contributed by atoms with Crippen molar-refractivity contribution in [1.29, 1.82) is 0 Å². The van der Waals surface area contributed by atoms with E-state index in [2.05, 4.69) is 10.3 Å². The van der Waals surface area contributed by atoms with Crippen molar-refractivity contribution in [3.05, 3.63) is 40.3 Å². The minimum absolute atomic E-state index is 0.298. The van der Waals surface area contributed by atoms with E-state index in [9.17, 15) is 13.2 Å². The minimum atomic E-state index is -3.18. The molecule has 2 N–H and O–H groups in total. The molecule has 140 valence electrons. The van der Waals surface area contributed by atoms with Gasteiger partial charge in [-0.2, -0.15) is 0 Å². The summed E-state index contributed by atoms with van der Waals surface area (Å²) in [7, 11) is -3.18. The van der Waals surface area contributed by atoms with Crippen LogP contribution in [0.15, 0.2) is 34.5 Å². The highest BCUT2D eigenvalue weighted by Crippen LogP contribution is 2.30. The van der Waals surface area contributed by atoms with E-state index in [1.165, 1.54) is 11.2 Å². The molecule has 7 nitrogen and oxygen atoms in total. The summed E-state index contributed by atoms with van der Waals surface area (Å²) in [6.07, 6.45) is 1.95. The first kappa shape index (κ1) is 18.7. The van der Waals surface area contributed by atoms with Gasteiger partial charge in [0.05, 0.1) is 22.1 Å². The van der Waals surface area contributed by atoms with Crippen LogP contribution in [-0.2, 0) is 16.4 Å². The molecule has 0 aliphatic carbocycles. The molecule has 1 aliphatic heterocycles. The molecule has 0 saturated carbocycles. The molecule has 1 aromatic heterocycles. The molecule has 2 heterocycles. The Morgan fingerprint density at radius 3 is 2.54 bits per heavy atom. The lowest BCUT2D eigenvalue weighted by atomic mass is 9.98. The Morgan fingerprint density at radius 2 is 1.96 bits per heavy atom. The van der Waals surface area contributed by atoms with Crippen molar-refractivity contribution in [2.45, 2.75) is 30.2 Å². The lowest BCUT2D eigenvalue weighted by molar-refractivity contribution is 0.132. The fourth-order valence-electron chi connectivity index (χ4n) is 2.92. The predicted octanol–water partition coefficient (Wildman–Crippen LogP) is 3.02. The summed E-state index contributed by atoms with van der Waals surface area (Å²) in [5, 5.41) is 15.3. The van der Waals surface area contributed by atoms with Crippen LogP contribution in [0.25, 0.3) is 0 Å². The van der Waals surface area contributed by atoms with Gasteiger partial charge >= 0.3 is 6.09 Å². The molecule has 0 unspecified atom stereocenters. The topological polar surface area (TPSA) is 99.6 Å². The highest BCUT2D eigenvalue weighted by Gasteiger charge is 2.25. The molecule has 26 heavy (non-hydrogen) atoms. The summed E-state index contributed by atoms with van der Waals surface area (Å²) in [6, 6.07) is 6.65. The van der Waals surface area contributed by atoms with E-state index in [0.717, 1.165) is 29.2 Å². The number of likely N-dealkylation sites (tertiary alicyclic amines) is 1. The van der Waals surface area contributed by atoms with Gasteiger partial charge < -0.3 is 15.3 Å². The van der Waals surface area contributed by atoms with Crippen molar-refractivity contribution in [3.8, 4) is 0 Å². The van der Waals surface area contributed by atoms with Crippen molar-refractivity contribution >= 4 is 33.0 Å². The molecule has 9 heteroatoms. The molecule has 1 aliphatic rings. The number of carbonyl (C=O) groups is 1. The molecular formula is C17H21N3O4S2. The molecule has 0 radical (unpaired) electrons. The largest absolute Gasteiger partial charge is 0.465 e. The van der Waals surface area contributed by atoms with Crippen LogP contribution in [0.5, 0.6) is 0 Å². The van der Waals surface area contributed by atoms with E-state index >= 15 is 0 Å². The Morgan fingerprint density at radius 1 is 1.31 bits per heavy atom. The first-order valence-corrected chi connectivity index (χ1v) is 11.1. The van der Waals surface area contributed by atoms with Gasteiger partial charge in [0.1, 0.15) is 0 Å². The number of sulfone groups is 1. The van der Waals surface area contributed by atoms with E-state index in [4.69, 9.17) is 5.11 Å². The minimum Gasteiger partial charge on any atom is -0.465 e. The number of amides is 1. The second-order valence-corrected chi connectivity index (χ2v) is 9.28. The normalized spacial score (nSPS) is 15.8. The van der Waals surface area contributed by atoms with Crippen LogP contribution in [0, 0.1) is 0 Å². The average Bonchev–Trinajstić information content (AvgIpc) is 3.08. The predicted molar refractivity (Wildman–Crippen MR) is 101 cm³/mol. The fourth-order valence-corrected chi connectivity index (χ4v) is 4.54. The Kier molecular flexibility index (Phi) is 5.47. The van der Waals surface area contributed by atoms with Crippen LogP contribution in [0.3, 0.4) is 0 Å². The van der Waals surface area contributed by atoms with E-state index in [0.29, 0.717) is 30.4 Å². The number of hydrogen-bond donors (Lipinski definition) is 2. The van der Waals surface area contributed by atoms with E-state index in [-0.39, 0.29) is 0 Å². The number of piperidine rings is 1. The first-order valence-electron chi connectivity index (χ1n) is 8.29. The maximum absolute atomic E-state index is 11.5. The summed E-state index contributed by atoms with van der Waals surface area (Å²) in [6.45, 7) is 1.67. The lowest BCUT2D eigenvalue weighted by Crippen LogP contribution is -2.36. The third-order valence-corrected chi connectivity index (χ3v) is 6.62. The maximum atomic E-state index is 11.5. The molecule has 1 fully saturated rings. The van der Waals surface area contributed by atoms with Crippen LogP contribution in [0.2, 0.25) is 0 Å². The monoisotopic (exact) mass is 395 g/mol. The van der Waals surface area contributed by atoms with Crippen molar-refractivity contribution < 1.29 is 18.3 Å². The van der Waals surface area contributed by atoms with Gasteiger partial charge in [0, 0.05) is 36.3 Å². The molecule has 0 spiro atoms. The number of rotatable bonds is 5. The van der Waals surface area contributed by atoms with Gasteiger partial charge in [-0.25, -0.2) is 18.2 Å². The number of thiazole rings is 1. The van der Waals surface area contributed by atoms with Crippen LogP contribution in [0.4, 0.5) is 10.5 Å². The third-order valence-electron chi connectivity index (χ3n) is 4.44. The van der Waals surface area contributed by atoms with Gasteiger partial charge in [-0.05, 0) is 37.1 Å². The zero-order valence-corrected chi connectivity index (χ0v) is 16.0. The lowest BCUT2D eigenvalue weighted by Gasteiger charge is -2.28. The van der Waals surface area contributed by atoms with Gasteiger partial charge in [-0.1, -0.05) is 0 Å². The van der Waals surface area contributed by atoms with E-state index in [1.807, 2.05) is 5.38 Å². The fraction of sp³-hybridized carbons (Fsp3) is 0.412. The number of hydrogen-bond acceptors (Lipinski definition) is 6.